The first-order valence-corrected chi connectivity index (χ1v) is 9.08. The van der Waals surface area contributed by atoms with Crippen LogP contribution in [0.25, 0.3) is 22.2 Å². The minimum atomic E-state index is -0.143. The Kier molecular flexibility index (Phi) is 4.31. The van der Waals surface area contributed by atoms with Gasteiger partial charge in [0, 0.05) is 24.9 Å². The first-order chi connectivity index (χ1) is 13.0. The van der Waals surface area contributed by atoms with Crippen molar-refractivity contribution in [3.05, 3.63) is 69.0 Å². The first kappa shape index (κ1) is 17.5. The van der Waals surface area contributed by atoms with E-state index >= 15 is 0 Å². The summed E-state index contributed by atoms with van der Waals surface area (Å²) < 4.78 is 13.9. The molecule has 7 heteroatoms. The third-order valence-corrected chi connectivity index (χ3v) is 5.03. The SMILES string of the molecule is Cc1cc(Oc2nccc3occ(Br)c23)ccc1-c1c(C)ncc(=O)n1C. The highest BCUT2D eigenvalue weighted by Gasteiger charge is 2.14. The topological polar surface area (TPSA) is 70.2 Å². The molecule has 0 N–H and O–H groups in total. The van der Waals surface area contributed by atoms with Gasteiger partial charge in [0.1, 0.15) is 17.6 Å². The molecule has 0 amide bonds. The molecule has 0 spiro atoms. The summed E-state index contributed by atoms with van der Waals surface area (Å²) in [6, 6.07) is 7.49. The molecule has 0 fully saturated rings. The highest BCUT2D eigenvalue weighted by molar-refractivity contribution is 9.10. The monoisotopic (exact) mass is 425 g/mol. The van der Waals surface area contributed by atoms with Crippen LogP contribution in [0.15, 0.2) is 56.6 Å². The van der Waals surface area contributed by atoms with Gasteiger partial charge in [-0.3, -0.25) is 9.78 Å². The number of aromatic nitrogens is 3. The van der Waals surface area contributed by atoms with Crippen LogP contribution in [0.4, 0.5) is 0 Å². The molecular formula is C20H16BrN3O3. The molecule has 136 valence electrons. The fourth-order valence-corrected chi connectivity index (χ4v) is 3.56. The number of halogens is 1. The lowest BCUT2D eigenvalue weighted by Gasteiger charge is -2.14. The highest BCUT2D eigenvalue weighted by Crippen LogP contribution is 2.36. The number of rotatable bonds is 3. The second-order valence-corrected chi connectivity index (χ2v) is 7.10. The van der Waals surface area contributed by atoms with E-state index in [2.05, 4.69) is 25.9 Å². The molecule has 0 aliphatic rings. The van der Waals surface area contributed by atoms with Crippen molar-refractivity contribution < 1.29 is 9.15 Å². The minimum Gasteiger partial charge on any atom is -0.463 e. The van der Waals surface area contributed by atoms with Crippen molar-refractivity contribution in [2.75, 3.05) is 0 Å². The summed E-state index contributed by atoms with van der Waals surface area (Å²) in [7, 11) is 1.75. The standard InChI is InChI=1S/C20H16BrN3O3/c1-11-8-13(27-20-18-15(21)10-26-16(18)6-7-22-20)4-5-14(11)19-12(2)23-9-17(25)24(19)3/h4-10H,1-3H3. The molecule has 0 unspecified atom stereocenters. The van der Waals surface area contributed by atoms with Crippen LogP contribution in [0.3, 0.4) is 0 Å². The molecule has 0 saturated heterocycles. The molecule has 4 aromatic rings. The van der Waals surface area contributed by atoms with E-state index in [-0.39, 0.29) is 5.56 Å². The maximum absolute atomic E-state index is 12.0. The van der Waals surface area contributed by atoms with Gasteiger partial charge in [0.15, 0.2) is 0 Å². The van der Waals surface area contributed by atoms with Crippen molar-refractivity contribution in [3.63, 3.8) is 0 Å². The molecule has 0 atom stereocenters. The van der Waals surface area contributed by atoms with E-state index < -0.39 is 0 Å². The summed E-state index contributed by atoms with van der Waals surface area (Å²) in [5, 5.41) is 0.782. The van der Waals surface area contributed by atoms with Crippen LogP contribution >= 0.6 is 15.9 Å². The molecule has 6 nitrogen and oxygen atoms in total. The number of fused-ring (bicyclic) bond motifs is 1. The van der Waals surface area contributed by atoms with Crippen LogP contribution in [-0.4, -0.2) is 14.5 Å². The number of benzene rings is 1. The molecule has 0 saturated carbocycles. The maximum Gasteiger partial charge on any atom is 0.269 e. The molecule has 27 heavy (non-hydrogen) atoms. The number of ether oxygens (including phenoxy) is 1. The highest BCUT2D eigenvalue weighted by atomic mass is 79.9. The van der Waals surface area contributed by atoms with Crippen LogP contribution < -0.4 is 10.3 Å². The second kappa shape index (κ2) is 6.66. The maximum atomic E-state index is 12.0. The number of aryl methyl sites for hydroxylation is 2. The van der Waals surface area contributed by atoms with E-state index in [9.17, 15) is 4.79 Å². The van der Waals surface area contributed by atoms with Crippen molar-refractivity contribution >= 4 is 26.9 Å². The quantitative estimate of drug-likeness (QED) is 0.473. The smallest absolute Gasteiger partial charge is 0.269 e. The number of hydrogen-bond acceptors (Lipinski definition) is 5. The van der Waals surface area contributed by atoms with Crippen molar-refractivity contribution in [2.24, 2.45) is 7.05 Å². The van der Waals surface area contributed by atoms with Gasteiger partial charge in [-0.1, -0.05) is 0 Å². The van der Waals surface area contributed by atoms with Gasteiger partial charge in [-0.05, 0) is 53.5 Å². The van der Waals surface area contributed by atoms with E-state index in [4.69, 9.17) is 9.15 Å². The minimum absolute atomic E-state index is 0.143. The molecule has 3 aromatic heterocycles. The molecule has 0 aliphatic carbocycles. The van der Waals surface area contributed by atoms with Crippen LogP contribution in [0.1, 0.15) is 11.3 Å². The van der Waals surface area contributed by atoms with Gasteiger partial charge in [0.25, 0.3) is 5.56 Å². The Morgan fingerprint density at radius 1 is 1.19 bits per heavy atom. The fraction of sp³-hybridized carbons (Fsp3) is 0.150. The molecule has 4 rings (SSSR count). The normalized spacial score (nSPS) is 11.1. The summed E-state index contributed by atoms with van der Waals surface area (Å²) in [6.45, 7) is 3.86. The van der Waals surface area contributed by atoms with Crippen LogP contribution in [0.2, 0.25) is 0 Å². The van der Waals surface area contributed by atoms with Crippen molar-refractivity contribution in [1.29, 1.82) is 0 Å². The second-order valence-electron chi connectivity index (χ2n) is 6.24. The van der Waals surface area contributed by atoms with Crippen molar-refractivity contribution in [1.82, 2.24) is 14.5 Å². The van der Waals surface area contributed by atoms with Crippen molar-refractivity contribution in [3.8, 4) is 22.9 Å². The molecular weight excluding hydrogens is 410 g/mol. The van der Waals surface area contributed by atoms with Crippen LogP contribution in [0.5, 0.6) is 11.6 Å². The summed E-state index contributed by atoms with van der Waals surface area (Å²) in [5.41, 5.74) is 4.05. The third kappa shape index (κ3) is 3.04. The lowest BCUT2D eigenvalue weighted by molar-refractivity contribution is 0.468. The molecule has 0 radical (unpaired) electrons. The zero-order valence-corrected chi connectivity index (χ0v) is 16.6. The van der Waals surface area contributed by atoms with E-state index in [1.54, 1.807) is 30.1 Å². The first-order valence-electron chi connectivity index (χ1n) is 8.29. The van der Waals surface area contributed by atoms with Gasteiger partial charge >= 0.3 is 0 Å². The third-order valence-electron chi connectivity index (χ3n) is 4.45. The van der Waals surface area contributed by atoms with Gasteiger partial charge in [-0.15, -0.1) is 0 Å². The van der Waals surface area contributed by atoms with Crippen molar-refractivity contribution in [2.45, 2.75) is 13.8 Å². The summed E-state index contributed by atoms with van der Waals surface area (Å²) in [6.07, 6.45) is 4.59. The van der Waals surface area contributed by atoms with Gasteiger partial charge < -0.3 is 13.7 Å². The lowest BCUT2D eigenvalue weighted by Crippen LogP contribution is -2.19. The Labute approximate surface area is 163 Å². The predicted octanol–water partition coefficient (Wildman–Crippen LogP) is 4.76. The Balaban J connectivity index is 1.76. The number of furan rings is 1. The zero-order valence-electron chi connectivity index (χ0n) is 15.0. The number of hydrogen-bond donors (Lipinski definition) is 0. The summed E-state index contributed by atoms with van der Waals surface area (Å²) in [5.74, 6) is 1.11. The van der Waals surface area contributed by atoms with Crippen LogP contribution in [0, 0.1) is 13.8 Å². The molecule has 0 aliphatic heterocycles. The van der Waals surface area contributed by atoms with Gasteiger partial charge in [0.2, 0.25) is 5.88 Å². The lowest BCUT2D eigenvalue weighted by atomic mass is 10.0. The van der Waals surface area contributed by atoms with Crippen LogP contribution in [-0.2, 0) is 7.05 Å². The Bertz CT molecular complexity index is 1230. The average molecular weight is 426 g/mol. The van der Waals surface area contributed by atoms with Gasteiger partial charge in [-0.25, -0.2) is 4.98 Å². The molecule has 1 aromatic carbocycles. The Morgan fingerprint density at radius 2 is 2.00 bits per heavy atom. The van der Waals surface area contributed by atoms with Gasteiger partial charge in [-0.2, -0.15) is 0 Å². The fourth-order valence-electron chi connectivity index (χ4n) is 3.10. The number of pyridine rings is 1. The average Bonchev–Trinajstić information content (AvgIpc) is 3.02. The summed E-state index contributed by atoms with van der Waals surface area (Å²) >= 11 is 3.46. The van der Waals surface area contributed by atoms with Gasteiger partial charge in [0.05, 0.1) is 27.4 Å². The number of nitrogens with zero attached hydrogens (tertiary/aromatic N) is 3. The summed E-state index contributed by atoms with van der Waals surface area (Å²) in [4.78, 5) is 20.5. The molecule has 0 bridgehead atoms. The Hall–Kier alpha value is -2.93. The van der Waals surface area contributed by atoms with E-state index in [1.807, 2.05) is 32.0 Å². The largest absolute Gasteiger partial charge is 0.463 e. The van der Waals surface area contributed by atoms with E-state index in [0.29, 0.717) is 17.2 Å². The predicted molar refractivity (Wildman–Crippen MR) is 106 cm³/mol. The zero-order chi connectivity index (χ0) is 19.1. The Morgan fingerprint density at radius 3 is 2.78 bits per heavy atom. The molecule has 3 heterocycles. The van der Waals surface area contributed by atoms with E-state index in [1.165, 1.54) is 6.20 Å². The van der Waals surface area contributed by atoms with E-state index in [0.717, 1.165) is 32.4 Å².